The summed E-state index contributed by atoms with van der Waals surface area (Å²) in [5.41, 5.74) is 0. The molecule has 12 heteroatoms. The second-order valence-electron chi connectivity index (χ2n) is 15.4. The number of benzene rings is 2. The standard InChI is InChI=1S/C46H58N2O8S2/c1-33-13-9-14-34(2)47(33)27-37(29-51-41-19-5-7-21-43(41)53-31-39-17-11-25-57-39)55-45(49)23-24-46(50)56-38(28-48-35(3)15-10-16-36(48)4)30-52-42-20-6-8-22-44(42)54-32-40-18-12-26-58-40/h5-8,11-12,17-26,33-38H,9-10,13-16,27-32H2,1-4H3/b24-23+. The number of rotatable bonds is 20. The van der Waals surface area contributed by atoms with Crippen LogP contribution < -0.4 is 18.9 Å². The molecule has 312 valence electrons. The molecule has 0 amide bonds. The average molecular weight is 831 g/mol. The minimum Gasteiger partial charge on any atom is -0.486 e. The number of hydrogen-bond acceptors (Lipinski definition) is 12. The van der Waals surface area contributed by atoms with Crippen LogP contribution in [0.4, 0.5) is 0 Å². The Kier molecular flexibility index (Phi) is 16.5. The smallest absolute Gasteiger partial charge is 0.331 e. The zero-order chi connectivity index (χ0) is 40.7. The highest BCUT2D eigenvalue weighted by Gasteiger charge is 2.31. The third kappa shape index (κ3) is 13.1. The number of nitrogens with zero attached hydrogens (tertiary/aromatic N) is 2. The lowest BCUT2D eigenvalue weighted by Crippen LogP contribution is -2.49. The molecule has 4 heterocycles. The van der Waals surface area contributed by atoms with E-state index in [0.717, 1.165) is 60.4 Å². The van der Waals surface area contributed by atoms with Gasteiger partial charge < -0.3 is 28.4 Å². The largest absolute Gasteiger partial charge is 0.486 e. The monoisotopic (exact) mass is 830 g/mol. The van der Waals surface area contributed by atoms with Crippen molar-refractivity contribution in [2.24, 2.45) is 0 Å². The van der Waals surface area contributed by atoms with E-state index < -0.39 is 24.1 Å². The van der Waals surface area contributed by atoms with E-state index in [9.17, 15) is 9.59 Å². The minimum absolute atomic E-state index is 0.115. The van der Waals surface area contributed by atoms with Gasteiger partial charge in [-0.25, -0.2) is 9.59 Å². The van der Waals surface area contributed by atoms with Crippen LogP contribution in [0.25, 0.3) is 0 Å². The summed E-state index contributed by atoms with van der Waals surface area (Å²) >= 11 is 3.26. The number of thiophene rings is 2. The summed E-state index contributed by atoms with van der Waals surface area (Å²) in [6.07, 6.45) is 7.71. The maximum atomic E-state index is 13.4. The van der Waals surface area contributed by atoms with Gasteiger partial charge in [-0.3, -0.25) is 9.80 Å². The summed E-state index contributed by atoms with van der Waals surface area (Å²) in [7, 11) is 0. The van der Waals surface area contributed by atoms with Crippen molar-refractivity contribution >= 4 is 34.6 Å². The molecular weight excluding hydrogens is 773 g/mol. The molecule has 2 aliphatic rings. The molecule has 0 aliphatic carbocycles. The highest BCUT2D eigenvalue weighted by molar-refractivity contribution is 7.10. The Bertz CT molecular complexity index is 1710. The molecule has 10 nitrogen and oxygen atoms in total. The highest BCUT2D eigenvalue weighted by Crippen LogP contribution is 2.31. The SMILES string of the molecule is CC1CCCC(C)N1CC(COc1ccccc1OCc1cccs1)OC(=O)/C=C/C(=O)OC(COc1ccccc1OCc1cccs1)CN1C(C)CCCC1C. The molecule has 2 aromatic carbocycles. The lowest BCUT2D eigenvalue weighted by Gasteiger charge is -2.40. The van der Waals surface area contributed by atoms with Gasteiger partial charge in [0.15, 0.2) is 23.0 Å². The molecule has 6 rings (SSSR count). The van der Waals surface area contributed by atoms with E-state index in [4.69, 9.17) is 28.4 Å². The van der Waals surface area contributed by atoms with Gasteiger partial charge in [-0.15, -0.1) is 22.7 Å². The van der Waals surface area contributed by atoms with Gasteiger partial charge in [0.2, 0.25) is 0 Å². The first-order chi connectivity index (χ1) is 28.2. The van der Waals surface area contributed by atoms with Crippen LogP contribution in [0.5, 0.6) is 23.0 Å². The Morgan fingerprint density at radius 1 is 0.569 bits per heavy atom. The van der Waals surface area contributed by atoms with Crippen molar-refractivity contribution in [1.29, 1.82) is 0 Å². The van der Waals surface area contributed by atoms with Gasteiger partial charge in [-0.1, -0.05) is 49.2 Å². The van der Waals surface area contributed by atoms with Gasteiger partial charge >= 0.3 is 11.9 Å². The summed E-state index contributed by atoms with van der Waals surface area (Å²) in [6, 6.07) is 24.4. The number of ether oxygens (including phenoxy) is 6. The normalized spacial score (nSPS) is 21.2. The van der Waals surface area contributed by atoms with Gasteiger partial charge in [0.05, 0.1) is 0 Å². The molecule has 6 atom stereocenters. The molecular formula is C46H58N2O8S2. The van der Waals surface area contributed by atoms with Crippen molar-refractivity contribution in [2.75, 3.05) is 26.3 Å². The number of esters is 2. The average Bonchev–Trinajstić information content (AvgIpc) is 3.95. The number of piperidine rings is 2. The maximum absolute atomic E-state index is 13.4. The van der Waals surface area contributed by atoms with Crippen LogP contribution in [0, 0.1) is 0 Å². The van der Waals surface area contributed by atoms with Crippen LogP contribution in [0.1, 0.15) is 76.0 Å². The fraction of sp³-hybridized carbons (Fsp3) is 0.478. The summed E-state index contributed by atoms with van der Waals surface area (Å²) in [5, 5.41) is 4.04. The minimum atomic E-state index is -0.645. The first-order valence-electron chi connectivity index (χ1n) is 20.6. The number of para-hydroxylation sites is 4. The van der Waals surface area contributed by atoms with Crippen molar-refractivity contribution < 1.29 is 38.0 Å². The Labute approximate surface area is 351 Å². The fourth-order valence-corrected chi connectivity index (χ4v) is 8.99. The molecule has 6 unspecified atom stereocenters. The molecule has 2 saturated heterocycles. The zero-order valence-corrected chi connectivity index (χ0v) is 35.8. The molecule has 0 N–H and O–H groups in total. The predicted molar refractivity (Wildman–Crippen MR) is 229 cm³/mol. The van der Waals surface area contributed by atoms with E-state index in [1.165, 1.54) is 0 Å². The number of carbonyl (C=O) groups excluding carboxylic acids is 2. The quantitative estimate of drug-likeness (QED) is 0.0634. The third-order valence-electron chi connectivity index (χ3n) is 11.0. The van der Waals surface area contributed by atoms with E-state index in [-0.39, 0.29) is 13.2 Å². The predicted octanol–water partition coefficient (Wildman–Crippen LogP) is 9.33. The summed E-state index contributed by atoms with van der Waals surface area (Å²) < 4.78 is 36.8. The van der Waals surface area contributed by atoms with E-state index in [1.807, 2.05) is 83.6 Å². The molecule has 4 aromatic rings. The van der Waals surface area contributed by atoms with Crippen LogP contribution >= 0.6 is 22.7 Å². The van der Waals surface area contributed by atoms with Crippen molar-refractivity contribution in [2.45, 2.75) is 116 Å². The van der Waals surface area contributed by atoms with Gasteiger partial charge in [0.1, 0.15) is 38.6 Å². The summed E-state index contributed by atoms with van der Waals surface area (Å²) in [4.78, 5) is 33.8. The molecule has 0 radical (unpaired) electrons. The van der Waals surface area contributed by atoms with Crippen LogP contribution in [0.15, 0.2) is 95.7 Å². The Morgan fingerprint density at radius 3 is 1.28 bits per heavy atom. The molecule has 2 aliphatic heterocycles. The van der Waals surface area contributed by atoms with E-state index >= 15 is 0 Å². The molecule has 0 bridgehead atoms. The first kappa shape index (κ1) is 43.2. The van der Waals surface area contributed by atoms with Crippen molar-refractivity contribution in [3.05, 3.63) is 105 Å². The van der Waals surface area contributed by atoms with Crippen molar-refractivity contribution in [3.63, 3.8) is 0 Å². The molecule has 2 fully saturated rings. The van der Waals surface area contributed by atoms with Crippen LogP contribution in [-0.4, -0.2) is 84.4 Å². The van der Waals surface area contributed by atoms with E-state index in [2.05, 4.69) is 37.5 Å². The zero-order valence-electron chi connectivity index (χ0n) is 34.2. The molecule has 58 heavy (non-hydrogen) atoms. The number of carbonyl (C=O) groups is 2. The summed E-state index contributed by atoms with van der Waals surface area (Å²) in [5.74, 6) is 1.08. The Balaban J connectivity index is 1.10. The Morgan fingerprint density at radius 2 is 0.931 bits per heavy atom. The van der Waals surface area contributed by atoms with Crippen molar-refractivity contribution in [1.82, 2.24) is 9.80 Å². The lowest BCUT2D eigenvalue weighted by molar-refractivity contribution is -0.149. The van der Waals surface area contributed by atoms with Gasteiger partial charge in [-0.2, -0.15) is 0 Å². The van der Waals surface area contributed by atoms with Gasteiger partial charge in [-0.05, 0) is 101 Å². The van der Waals surface area contributed by atoms with Crippen LogP contribution in [0.2, 0.25) is 0 Å². The molecule has 0 spiro atoms. The molecule has 2 aromatic heterocycles. The number of likely N-dealkylation sites (tertiary alicyclic amines) is 2. The second-order valence-corrected chi connectivity index (χ2v) is 17.4. The number of hydrogen-bond donors (Lipinski definition) is 0. The first-order valence-corrected chi connectivity index (χ1v) is 22.3. The van der Waals surface area contributed by atoms with Gasteiger partial charge in [0, 0.05) is 59.2 Å². The second kappa shape index (κ2) is 22.1. The van der Waals surface area contributed by atoms with Crippen molar-refractivity contribution in [3.8, 4) is 23.0 Å². The third-order valence-corrected chi connectivity index (χ3v) is 12.6. The fourth-order valence-electron chi connectivity index (χ4n) is 7.76. The Hall–Kier alpha value is -4.36. The maximum Gasteiger partial charge on any atom is 0.331 e. The molecule has 0 saturated carbocycles. The topological polar surface area (TPSA) is 96.0 Å². The lowest BCUT2D eigenvalue weighted by atomic mass is 9.97. The van der Waals surface area contributed by atoms with Gasteiger partial charge in [0.25, 0.3) is 0 Å². The van der Waals surface area contributed by atoms with Crippen LogP contribution in [-0.2, 0) is 32.3 Å². The highest BCUT2D eigenvalue weighted by atomic mass is 32.1. The van der Waals surface area contributed by atoms with Crippen LogP contribution in [0.3, 0.4) is 0 Å². The van der Waals surface area contributed by atoms with E-state index in [1.54, 1.807) is 22.7 Å². The summed E-state index contributed by atoms with van der Waals surface area (Å²) in [6.45, 7) is 10.9. The van der Waals surface area contributed by atoms with E-state index in [0.29, 0.717) is 73.5 Å².